The van der Waals surface area contributed by atoms with Crippen LogP contribution in [0.5, 0.6) is 0 Å². The third kappa shape index (κ3) is 6.31. The first-order valence-corrected chi connectivity index (χ1v) is 8.95. The highest BCUT2D eigenvalue weighted by molar-refractivity contribution is 6.07. The van der Waals surface area contributed by atoms with Crippen LogP contribution in [0, 0.1) is 5.92 Å². The van der Waals surface area contributed by atoms with Gasteiger partial charge in [-0.25, -0.2) is 5.43 Å². The molecule has 0 unspecified atom stereocenters. The monoisotopic (exact) mass is 358 g/mol. The fraction of sp³-hybridized carbons (Fsp3) is 0.474. The van der Waals surface area contributed by atoms with Crippen molar-refractivity contribution in [2.45, 2.75) is 52.4 Å². The van der Waals surface area contributed by atoms with Crippen molar-refractivity contribution in [3.8, 4) is 0 Å². The maximum atomic E-state index is 12.2. The molecular weight excluding hydrogens is 332 g/mol. The van der Waals surface area contributed by atoms with Gasteiger partial charge in [0, 0.05) is 18.6 Å². The van der Waals surface area contributed by atoms with Gasteiger partial charge in [-0.3, -0.25) is 14.4 Å². The van der Waals surface area contributed by atoms with Gasteiger partial charge in [-0.15, -0.1) is 0 Å². The van der Waals surface area contributed by atoms with Crippen LogP contribution in [-0.2, 0) is 14.4 Å². The molecule has 0 aliphatic heterocycles. The summed E-state index contributed by atoms with van der Waals surface area (Å²) in [5.74, 6) is -0.523. The molecule has 1 aliphatic carbocycles. The van der Waals surface area contributed by atoms with Crippen LogP contribution in [0.3, 0.4) is 0 Å². The lowest BCUT2D eigenvalue weighted by atomic mass is 9.89. The summed E-state index contributed by atoms with van der Waals surface area (Å²) in [6.07, 6.45) is 5.21. The number of anilines is 2. The number of benzene rings is 1. The fourth-order valence-corrected chi connectivity index (χ4v) is 2.96. The number of para-hydroxylation sites is 2. The highest BCUT2D eigenvalue weighted by atomic mass is 16.2. The van der Waals surface area contributed by atoms with E-state index in [-0.39, 0.29) is 30.1 Å². The van der Waals surface area contributed by atoms with Crippen molar-refractivity contribution in [1.29, 1.82) is 0 Å². The molecule has 2 rings (SSSR count). The smallest absolute Gasteiger partial charge is 0.243 e. The number of carbonyl (C=O) groups is 3. The highest BCUT2D eigenvalue weighted by Gasteiger charge is 2.20. The molecule has 1 aromatic rings. The minimum Gasteiger partial charge on any atom is -0.325 e. The molecule has 3 N–H and O–H groups in total. The van der Waals surface area contributed by atoms with Gasteiger partial charge in [-0.2, -0.15) is 5.10 Å². The minimum absolute atomic E-state index is 0.0265. The molecule has 0 aromatic heterocycles. The molecule has 1 aliphatic rings. The van der Waals surface area contributed by atoms with E-state index < -0.39 is 0 Å². The summed E-state index contributed by atoms with van der Waals surface area (Å²) >= 11 is 0. The molecule has 1 saturated carbocycles. The van der Waals surface area contributed by atoms with Crippen LogP contribution < -0.4 is 16.1 Å². The summed E-state index contributed by atoms with van der Waals surface area (Å²) in [5.41, 5.74) is 4.14. The summed E-state index contributed by atoms with van der Waals surface area (Å²) in [6, 6.07) is 6.96. The van der Waals surface area contributed by atoms with E-state index in [1.807, 2.05) is 0 Å². The number of rotatable bonds is 6. The van der Waals surface area contributed by atoms with E-state index in [0.717, 1.165) is 25.7 Å². The van der Waals surface area contributed by atoms with Crippen molar-refractivity contribution in [1.82, 2.24) is 5.43 Å². The predicted octanol–water partition coefficient (Wildman–Crippen LogP) is 3.05. The van der Waals surface area contributed by atoms with E-state index in [1.165, 1.54) is 13.3 Å². The molecule has 0 atom stereocenters. The fourth-order valence-electron chi connectivity index (χ4n) is 2.96. The number of hydrogen-bond donors (Lipinski definition) is 3. The van der Waals surface area contributed by atoms with Gasteiger partial charge in [-0.1, -0.05) is 31.4 Å². The van der Waals surface area contributed by atoms with Crippen LogP contribution in [0.2, 0.25) is 0 Å². The Morgan fingerprint density at radius 2 is 1.62 bits per heavy atom. The molecule has 0 bridgehead atoms. The van der Waals surface area contributed by atoms with Gasteiger partial charge in [0.15, 0.2) is 0 Å². The number of nitrogens with one attached hydrogen (secondary N) is 3. The summed E-state index contributed by atoms with van der Waals surface area (Å²) in [7, 11) is 0. The summed E-state index contributed by atoms with van der Waals surface area (Å²) in [6.45, 7) is 3.10. The van der Waals surface area contributed by atoms with Crippen molar-refractivity contribution in [2.24, 2.45) is 11.0 Å². The average Bonchev–Trinajstić information content (AvgIpc) is 2.61. The SMILES string of the molecule is CC(=O)Nc1ccccc1NC(=O)C/C(C)=N/NC(=O)C1CCCCC1. The molecule has 1 fully saturated rings. The first kappa shape index (κ1) is 19.6. The second-order valence-corrected chi connectivity index (χ2v) is 6.61. The highest BCUT2D eigenvalue weighted by Crippen LogP contribution is 2.23. The van der Waals surface area contributed by atoms with Gasteiger partial charge >= 0.3 is 0 Å². The van der Waals surface area contributed by atoms with E-state index >= 15 is 0 Å². The van der Waals surface area contributed by atoms with Gasteiger partial charge < -0.3 is 10.6 Å². The van der Waals surface area contributed by atoms with Crippen LogP contribution in [0.4, 0.5) is 11.4 Å². The molecule has 0 radical (unpaired) electrons. The zero-order chi connectivity index (χ0) is 18.9. The van der Waals surface area contributed by atoms with Crippen LogP contribution in [0.15, 0.2) is 29.4 Å². The lowest BCUT2D eigenvalue weighted by Gasteiger charge is -2.19. The number of carbonyl (C=O) groups excluding carboxylic acids is 3. The second-order valence-electron chi connectivity index (χ2n) is 6.61. The van der Waals surface area contributed by atoms with Crippen LogP contribution in [-0.4, -0.2) is 23.4 Å². The van der Waals surface area contributed by atoms with Crippen molar-refractivity contribution in [2.75, 3.05) is 10.6 Å². The molecule has 140 valence electrons. The molecule has 1 aromatic carbocycles. The molecule has 0 spiro atoms. The lowest BCUT2D eigenvalue weighted by molar-refractivity contribution is -0.126. The molecule has 0 heterocycles. The molecule has 7 nitrogen and oxygen atoms in total. The zero-order valence-electron chi connectivity index (χ0n) is 15.3. The van der Waals surface area contributed by atoms with Gasteiger partial charge in [-0.05, 0) is 31.9 Å². The van der Waals surface area contributed by atoms with Gasteiger partial charge in [0.25, 0.3) is 0 Å². The second kappa shape index (κ2) is 9.70. The van der Waals surface area contributed by atoms with Gasteiger partial charge in [0.05, 0.1) is 17.8 Å². The van der Waals surface area contributed by atoms with E-state index in [2.05, 4.69) is 21.2 Å². The molecule has 26 heavy (non-hydrogen) atoms. The van der Waals surface area contributed by atoms with Crippen LogP contribution in [0.1, 0.15) is 52.4 Å². The van der Waals surface area contributed by atoms with Crippen LogP contribution >= 0.6 is 0 Å². The Morgan fingerprint density at radius 1 is 1.00 bits per heavy atom. The standard InChI is InChI=1S/C19H26N4O3/c1-13(22-23-19(26)15-8-4-3-5-9-15)12-18(25)21-17-11-7-6-10-16(17)20-14(2)24/h6-7,10-11,15H,3-5,8-9,12H2,1-2H3,(H,20,24)(H,21,25)(H,23,26)/b22-13+. The Bertz CT molecular complexity index is 694. The number of amides is 3. The third-order valence-corrected chi connectivity index (χ3v) is 4.26. The molecule has 0 saturated heterocycles. The summed E-state index contributed by atoms with van der Waals surface area (Å²) in [4.78, 5) is 35.5. The first-order valence-electron chi connectivity index (χ1n) is 8.95. The molecule has 7 heteroatoms. The average molecular weight is 358 g/mol. The van der Waals surface area contributed by atoms with Gasteiger partial charge in [0.2, 0.25) is 17.7 Å². The largest absolute Gasteiger partial charge is 0.325 e. The quantitative estimate of drug-likeness (QED) is 0.538. The third-order valence-electron chi connectivity index (χ3n) is 4.26. The Kier molecular flexibility index (Phi) is 7.32. The molecule has 3 amide bonds. The van der Waals surface area contributed by atoms with E-state index in [4.69, 9.17) is 0 Å². The Balaban J connectivity index is 1.86. The first-order chi connectivity index (χ1) is 12.5. The molecular formula is C19H26N4O3. The Morgan fingerprint density at radius 3 is 2.23 bits per heavy atom. The van der Waals surface area contributed by atoms with E-state index in [0.29, 0.717) is 17.1 Å². The van der Waals surface area contributed by atoms with Gasteiger partial charge in [0.1, 0.15) is 0 Å². The van der Waals surface area contributed by atoms with Crippen molar-refractivity contribution < 1.29 is 14.4 Å². The maximum Gasteiger partial charge on any atom is 0.243 e. The Labute approximate surface area is 153 Å². The summed E-state index contributed by atoms with van der Waals surface area (Å²) in [5, 5.41) is 9.46. The van der Waals surface area contributed by atoms with E-state index in [1.54, 1.807) is 31.2 Å². The maximum absolute atomic E-state index is 12.2. The minimum atomic E-state index is -0.268. The van der Waals surface area contributed by atoms with Crippen molar-refractivity contribution in [3.05, 3.63) is 24.3 Å². The predicted molar refractivity (Wildman–Crippen MR) is 102 cm³/mol. The van der Waals surface area contributed by atoms with Crippen LogP contribution in [0.25, 0.3) is 0 Å². The number of hydrogen-bond acceptors (Lipinski definition) is 4. The van der Waals surface area contributed by atoms with E-state index in [9.17, 15) is 14.4 Å². The normalized spacial score (nSPS) is 15.2. The van der Waals surface area contributed by atoms with Crippen molar-refractivity contribution in [3.63, 3.8) is 0 Å². The topological polar surface area (TPSA) is 99.7 Å². The lowest BCUT2D eigenvalue weighted by Crippen LogP contribution is -2.29. The number of nitrogens with zero attached hydrogens (tertiary/aromatic N) is 1. The number of hydrazone groups is 1. The zero-order valence-corrected chi connectivity index (χ0v) is 15.3. The Hall–Kier alpha value is -2.70. The summed E-state index contributed by atoms with van der Waals surface area (Å²) < 4.78 is 0. The van der Waals surface area contributed by atoms with Crippen molar-refractivity contribution >= 4 is 34.8 Å².